The van der Waals surface area contributed by atoms with E-state index in [1.165, 1.54) is 5.56 Å². The van der Waals surface area contributed by atoms with Gasteiger partial charge in [-0.25, -0.2) is 4.79 Å². The van der Waals surface area contributed by atoms with Crippen LogP contribution in [-0.4, -0.2) is 11.6 Å². The topological polar surface area (TPSA) is 26.3 Å². The number of ether oxygens (including phenoxy) is 1. The largest absolute Gasteiger partial charge is 0.456 e. The fourth-order valence-corrected chi connectivity index (χ4v) is 2.33. The lowest BCUT2D eigenvalue weighted by Crippen LogP contribution is -2.23. The first-order valence-electron chi connectivity index (χ1n) is 7.90. The molecule has 0 aliphatic heterocycles. The zero-order valence-electron chi connectivity index (χ0n) is 14.5. The molecule has 0 amide bonds. The van der Waals surface area contributed by atoms with Crippen LogP contribution in [0, 0.1) is 0 Å². The van der Waals surface area contributed by atoms with Crippen molar-refractivity contribution < 1.29 is 9.53 Å². The van der Waals surface area contributed by atoms with Crippen molar-refractivity contribution in [3.63, 3.8) is 0 Å². The van der Waals surface area contributed by atoms with E-state index in [1.54, 1.807) is 0 Å². The minimum atomic E-state index is -0.471. The zero-order chi connectivity index (χ0) is 16.5. The SMILES string of the molecule is CCC(C)(C)c1ccc2cc(C(=O)OC(C)(C)C)ccc2c1. The van der Waals surface area contributed by atoms with E-state index >= 15 is 0 Å². The first-order valence-corrected chi connectivity index (χ1v) is 7.90. The van der Waals surface area contributed by atoms with Crippen LogP contribution in [0.4, 0.5) is 0 Å². The van der Waals surface area contributed by atoms with Crippen LogP contribution in [0.2, 0.25) is 0 Å². The molecule has 0 N–H and O–H groups in total. The van der Waals surface area contributed by atoms with Crippen LogP contribution in [0.25, 0.3) is 10.8 Å². The van der Waals surface area contributed by atoms with Crippen molar-refractivity contribution in [3.05, 3.63) is 47.5 Å². The Bertz CT molecular complexity index is 690. The quantitative estimate of drug-likeness (QED) is 0.701. The summed E-state index contributed by atoms with van der Waals surface area (Å²) in [6, 6.07) is 12.2. The van der Waals surface area contributed by atoms with E-state index < -0.39 is 5.60 Å². The number of carbonyl (C=O) groups excluding carboxylic acids is 1. The Kier molecular flexibility index (Phi) is 4.32. The average molecular weight is 298 g/mol. The van der Waals surface area contributed by atoms with Crippen LogP contribution in [0.5, 0.6) is 0 Å². The monoisotopic (exact) mass is 298 g/mol. The number of hydrogen-bond donors (Lipinski definition) is 0. The van der Waals surface area contributed by atoms with E-state index in [4.69, 9.17) is 4.74 Å². The molecule has 2 rings (SSSR count). The summed E-state index contributed by atoms with van der Waals surface area (Å²) in [4.78, 5) is 12.2. The number of benzene rings is 2. The highest BCUT2D eigenvalue weighted by atomic mass is 16.6. The van der Waals surface area contributed by atoms with Gasteiger partial charge in [0.1, 0.15) is 5.60 Å². The van der Waals surface area contributed by atoms with Gasteiger partial charge in [0, 0.05) is 0 Å². The molecule has 0 bridgehead atoms. The second-order valence-corrected chi connectivity index (χ2v) is 7.52. The fourth-order valence-electron chi connectivity index (χ4n) is 2.33. The third-order valence-electron chi connectivity index (χ3n) is 4.14. The van der Waals surface area contributed by atoms with Gasteiger partial charge in [0.2, 0.25) is 0 Å². The van der Waals surface area contributed by atoms with Crippen LogP contribution in [0.3, 0.4) is 0 Å². The van der Waals surface area contributed by atoms with Gasteiger partial charge < -0.3 is 4.74 Å². The zero-order valence-corrected chi connectivity index (χ0v) is 14.5. The molecular formula is C20H26O2. The third kappa shape index (κ3) is 3.68. The van der Waals surface area contributed by atoms with Crippen molar-refractivity contribution in [1.82, 2.24) is 0 Å². The Balaban J connectivity index is 2.37. The van der Waals surface area contributed by atoms with E-state index in [-0.39, 0.29) is 11.4 Å². The maximum Gasteiger partial charge on any atom is 0.338 e. The molecule has 118 valence electrons. The van der Waals surface area contributed by atoms with Gasteiger partial charge in [-0.05, 0) is 61.1 Å². The molecule has 0 spiro atoms. The molecule has 22 heavy (non-hydrogen) atoms. The number of rotatable bonds is 3. The van der Waals surface area contributed by atoms with Gasteiger partial charge in [0.05, 0.1) is 5.56 Å². The highest BCUT2D eigenvalue weighted by Gasteiger charge is 2.20. The van der Waals surface area contributed by atoms with Gasteiger partial charge in [-0.3, -0.25) is 0 Å². The molecule has 0 unspecified atom stereocenters. The lowest BCUT2D eigenvalue weighted by Gasteiger charge is -2.24. The second kappa shape index (κ2) is 5.75. The summed E-state index contributed by atoms with van der Waals surface area (Å²) in [7, 11) is 0. The molecule has 0 atom stereocenters. The number of fused-ring (bicyclic) bond motifs is 1. The molecule has 2 heteroatoms. The number of carbonyl (C=O) groups is 1. The van der Waals surface area contributed by atoms with Gasteiger partial charge in [0.25, 0.3) is 0 Å². The normalized spacial score (nSPS) is 12.5. The molecule has 0 aliphatic rings. The smallest absolute Gasteiger partial charge is 0.338 e. The first kappa shape index (κ1) is 16.5. The second-order valence-electron chi connectivity index (χ2n) is 7.52. The predicted molar refractivity (Wildman–Crippen MR) is 92.4 cm³/mol. The Labute approximate surface area is 133 Å². The summed E-state index contributed by atoms with van der Waals surface area (Å²) in [6.07, 6.45) is 1.09. The molecule has 2 aromatic carbocycles. The van der Waals surface area contributed by atoms with Gasteiger partial charge in [-0.1, -0.05) is 45.0 Å². The highest BCUT2D eigenvalue weighted by molar-refractivity contribution is 5.95. The lowest BCUT2D eigenvalue weighted by molar-refractivity contribution is 0.00697. The first-order chi connectivity index (χ1) is 10.1. The van der Waals surface area contributed by atoms with Crippen molar-refractivity contribution in [1.29, 1.82) is 0 Å². The van der Waals surface area contributed by atoms with Crippen LogP contribution in [0.1, 0.15) is 63.9 Å². The molecule has 2 aromatic rings. The van der Waals surface area contributed by atoms with Gasteiger partial charge in [-0.2, -0.15) is 0 Å². The molecule has 0 saturated carbocycles. The van der Waals surface area contributed by atoms with Gasteiger partial charge in [-0.15, -0.1) is 0 Å². The summed E-state index contributed by atoms with van der Waals surface area (Å²) < 4.78 is 5.43. The van der Waals surface area contributed by atoms with E-state index in [0.717, 1.165) is 17.2 Å². The number of esters is 1. The van der Waals surface area contributed by atoms with E-state index in [0.29, 0.717) is 5.56 Å². The molecule has 0 saturated heterocycles. The minimum absolute atomic E-state index is 0.165. The van der Waals surface area contributed by atoms with Crippen molar-refractivity contribution in [2.24, 2.45) is 0 Å². The van der Waals surface area contributed by atoms with Gasteiger partial charge in [0.15, 0.2) is 0 Å². The summed E-state index contributed by atoms with van der Waals surface area (Å²) >= 11 is 0. The number of hydrogen-bond acceptors (Lipinski definition) is 2. The summed E-state index contributed by atoms with van der Waals surface area (Å²) in [5, 5.41) is 2.23. The molecule has 2 nitrogen and oxygen atoms in total. The molecule has 0 radical (unpaired) electrons. The molecular weight excluding hydrogens is 272 g/mol. The molecule has 0 fully saturated rings. The van der Waals surface area contributed by atoms with Crippen molar-refractivity contribution in [2.45, 2.75) is 59.0 Å². The van der Waals surface area contributed by atoms with Crippen molar-refractivity contribution >= 4 is 16.7 Å². The summed E-state index contributed by atoms with van der Waals surface area (Å²) in [5.41, 5.74) is 1.62. The molecule has 0 aromatic heterocycles. The standard InChI is InChI=1S/C20H26O2/c1-7-20(5,6)17-11-10-14-12-16(9-8-15(14)13-17)18(21)22-19(2,3)4/h8-13H,7H2,1-6H3. The highest BCUT2D eigenvalue weighted by Crippen LogP contribution is 2.29. The van der Waals surface area contributed by atoms with E-state index in [2.05, 4.69) is 39.0 Å². The average Bonchev–Trinajstić information content (AvgIpc) is 2.44. The van der Waals surface area contributed by atoms with Crippen molar-refractivity contribution in [2.75, 3.05) is 0 Å². The van der Waals surface area contributed by atoms with Crippen LogP contribution < -0.4 is 0 Å². The lowest BCUT2D eigenvalue weighted by atomic mass is 9.81. The Morgan fingerprint density at radius 3 is 2.14 bits per heavy atom. The maximum absolute atomic E-state index is 12.2. The van der Waals surface area contributed by atoms with Crippen LogP contribution in [-0.2, 0) is 10.2 Å². The van der Waals surface area contributed by atoms with Crippen molar-refractivity contribution in [3.8, 4) is 0 Å². The predicted octanol–water partition coefficient (Wildman–Crippen LogP) is 5.48. The summed E-state index contributed by atoms with van der Waals surface area (Å²) in [5.74, 6) is -0.271. The minimum Gasteiger partial charge on any atom is -0.456 e. The van der Waals surface area contributed by atoms with Crippen LogP contribution in [0.15, 0.2) is 36.4 Å². The Morgan fingerprint density at radius 1 is 0.955 bits per heavy atom. The van der Waals surface area contributed by atoms with Gasteiger partial charge >= 0.3 is 5.97 Å². The maximum atomic E-state index is 12.2. The Hall–Kier alpha value is -1.83. The van der Waals surface area contributed by atoms with E-state index in [9.17, 15) is 4.79 Å². The molecule has 0 heterocycles. The Morgan fingerprint density at radius 2 is 1.55 bits per heavy atom. The third-order valence-corrected chi connectivity index (χ3v) is 4.14. The summed E-state index contributed by atoms with van der Waals surface area (Å²) in [6.45, 7) is 12.4. The van der Waals surface area contributed by atoms with E-state index in [1.807, 2.05) is 39.0 Å². The fraction of sp³-hybridized carbons (Fsp3) is 0.450. The van der Waals surface area contributed by atoms with Crippen LogP contribution >= 0.6 is 0 Å². The molecule has 0 aliphatic carbocycles.